The van der Waals surface area contributed by atoms with Crippen molar-refractivity contribution < 1.29 is 17.6 Å². The smallest absolute Gasteiger partial charge is 0.340 e. The average molecular weight is 370 g/mol. The SMILES string of the molecule is Fc1ccc(Nc2cc(C(F)(F)F)cc(Cl)n2)cc1Br. The number of nitrogens with zero attached hydrogens (tertiary/aromatic N) is 1. The van der Waals surface area contributed by atoms with Crippen molar-refractivity contribution in [1.29, 1.82) is 0 Å². The summed E-state index contributed by atoms with van der Waals surface area (Å²) in [4.78, 5) is 3.74. The quantitative estimate of drug-likeness (QED) is 0.566. The minimum atomic E-state index is -4.52. The highest BCUT2D eigenvalue weighted by Crippen LogP contribution is 2.32. The molecule has 0 saturated carbocycles. The van der Waals surface area contributed by atoms with E-state index in [1.54, 1.807) is 0 Å². The molecule has 0 aliphatic carbocycles. The Balaban J connectivity index is 2.33. The van der Waals surface area contributed by atoms with Crippen LogP contribution in [-0.2, 0) is 6.18 Å². The van der Waals surface area contributed by atoms with Crippen molar-refractivity contribution in [3.8, 4) is 0 Å². The van der Waals surface area contributed by atoms with E-state index < -0.39 is 17.6 Å². The summed E-state index contributed by atoms with van der Waals surface area (Å²) in [7, 11) is 0. The Morgan fingerprint density at radius 3 is 2.45 bits per heavy atom. The predicted molar refractivity (Wildman–Crippen MR) is 71.6 cm³/mol. The largest absolute Gasteiger partial charge is 0.416 e. The first-order valence-corrected chi connectivity index (χ1v) is 6.39. The topological polar surface area (TPSA) is 24.9 Å². The molecule has 8 heteroatoms. The molecule has 0 atom stereocenters. The van der Waals surface area contributed by atoms with Crippen LogP contribution in [0.4, 0.5) is 29.1 Å². The minimum absolute atomic E-state index is 0.0802. The van der Waals surface area contributed by atoms with Gasteiger partial charge in [-0.15, -0.1) is 0 Å². The van der Waals surface area contributed by atoms with Crippen molar-refractivity contribution in [2.24, 2.45) is 0 Å². The first-order valence-electron chi connectivity index (χ1n) is 5.22. The van der Waals surface area contributed by atoms with Gasteiger partial charge in [0.1, 0.15) is 16.8 Å². The van der Waals surface area contributed by atoms with Gasteiger partial charge in [0.15, 0.2) is 0 Å². The molecule has 0 aliphatic heterocycles. The average Bonchev–Trinajstić information content (AvgIpc) is 2.32. The van der Waals surface area contributed by atoms with Crippen molar-refractivity contribution in [1.82, 2.24) is 4.98 Å². The van der Waals surface area contributed by atoms with E-state index in [4.69, 9.17) is 11.6 Å². The fourth-order valence-corrected chi connectivity index (χ4v) is 2.03. The number of halogens is 6. The van der Waals surface area contributed by atoms with Crippen LogP contribution in [-0.4, -0.2) is 4.98 Å². The van der Waals surface area contributed by atoms with Crippen LogP contribution in [0.2, 0.25) is 5.15 Å². The Kier molecular flexibility index (Phi) is 4.19. The fraction of sp³-hybridized carbons (Fsp3) is 0.0833. The van der Waals surface area contributed by atoms with Crippen molar-refractivity contribution in [2.45, 2.75) is 6.18 Å². The molecule has 2 rings (SSSR count). The third-order valence-corrected chi connectivity index (χ3v) is 3.11. The summed E-state index contributed by atoms with van der Waals surface area (Å²) in [6.45, 7) is 0. The number of alkyl halides is 3. The Labute approximate surface area is 124 Å². The maximum absolute atomic E-state index is 13.1. The molecule has 0 spiro atoms. The minimum Gasteiger partial charge on any atom is -0.340 e. The van der Waals surface area contributed by atoms with Crippen molar-refractivity contribution >= 4 is 39.0 Å². The number of benzene rings is 1. The van der Waals surface area contributed by atoms with Crippen LogP contribution >= 0.6 is 27.5 Å². The van der Waals surface area contributed by atoms with E-state index >= 15 is 0 Å². The maximum Gasteiger partial charge on any atom is 0.416 e. The molecule has 1 N–H and O–H groups in total. The lowest BCUT2D eigenvalue weighted by molar-refractivity contribution is -0.137. The molecule has 2 aromatic rings. The summed E-state index contributed by atoms with van der Waals surface area (Å²) < 4.78 is 51.1. The third kappa shape index (κ3) is 3.61. The van der Waals surface area contributed by atoms with E-state index in [1.165, 1.54) is 18.2 Å². The number of aromatic nitrogens is 1. The zero-order chi connectivity index (χ0) is 14.9. The summed E-state index contributed by atoms with van der Waals surface area (Å²) in [6, 6.07) is 5.47. The normalized spacial score (nSPS) is 11.5. The highest BCUT2D eigenvalue weighted by atomic mass is 79.9. The molecule has 0 unspecified atom stereocenters. The Morgan fingerprint density at radius 1 is 1.15 bits per heavy atom. The fourth-order valence-electron chi connectivity index (χ4n) is 1.45. The molecular weight excluding hydrogens is 363 g/mol. The maximum atomic E-state index is 13.1. The van der Waals surface area contributed by atoms with Crippen LogP contribution in [0.15, 0.2) is 34.8 Å². The second kappa shape index (κ2) is 5.57. The van der Waals surface area contributed by atoms with Gasteiger partial charge in [-0.3, -0.25) is 0 Å². The lowest BCUT2D eigenvalue weighted by atomic mass is 10.2. The Hall–Kier alpha value is -1.34. The lowest BCUT2D eigenvalue weighted by Gasteiger charge is -2.11. The number of nitrogens with one attached hydrogen (secondary N) is 1. The predicted octanol–water partition coefficient (Wildman–Crippen LogP) is 5.40. The van der Waals surface area contributed by atoms with Crippen LogP contribution in [0.1, 0.15) is 5.56 Å². The molecule has 1 heterocycles. The molecular formula is C12H6BrClF4N2. The molecule has 0 amide bonds. The number of pyridine rings is 1. The van der Waals surface area contributed by atoms with Gasteiger partial charge < -0.3 is 5.32 Å². The van der Waals surface area contributed by atoms with Gasteiger partial charge in [-0.2, -0.15) is 13.2 Å². The van der Waals surface area contributed by atoms with E-state index in [1.807, 2.05) is 0 Å². The zero-order valence-corrected chi connectivity index (χ0v) is 11.9. The van der Waals surface area contributed by atoms with E-state index in [0.717, 1.165) is 12.1 Å². The van der Waals surface area contributed by atoms with Gasteiger partial charge in [0.05, 0.1) is 10.0 Å². The standard InChI is InChI=1S/C12H6BrClF4N2/c13-8-5-7(1-2-9(8)15)19-11-4-6(12(16,17)18)3-10(14)20-11/h1-5H,(H,19,20). The second-order valence-electron chi connectivity index (χ2n) is 3.82. The highest BCUT2D eigenvalue weighted by molar-refractivity contribution is 9.10. The zero-order valence-electron chi connectivity index (χ0n) is 9.60. The summed E-state index contributed by atoms with van der Waals surface area (Å²) in [5, 5.41) is 2.34. The molecule has 0 bridgehead atoms. The highest BCUT2D eigenvalue weighted by Gasteiger charge is 2.31. The summed E-state index contributed by atoms with van der Waals surface area (Å²) in [6.07, 6.45) is -4.52. The van der Waals surface area contributed by atoms with Crippen molar-refractivity contribution in [3.63, 3.8) is 0 Å². The van der Waals surface area contributed by atoms with Crippen LogP contribution in [0.3, 0.4) is 0 Å². The van der Waals surface area contributed by atoms with Gasteiger partial charge >= 0.3 is 6.18 Å². The van der Waals surface area contributed by atoms with Gasteiger partial charge in [0, 0.05) is 5.69 Å². The second-order valence-corrected chi connectivity index (χ2v) is 5.06. The van der Waals surface area contributed by atoms with Crippen LogP contribution in [0, 0.1) is 5.82 Å². The summed E-state index contributed by atoms with van der Waals surface area (Å²) in [5.41, 5.74) is -0.539. The molecule has 1 aromatic heterocycles. The number of rotatable bonds is 2. The van der Waals surface area contributed by atoms with Gasteiger partial charge in [-0.25, -0.2) is 9.37 Å². The number of hydrogen-bond donors (Lipinski definition) is 1. The molecule has 2 nitrogen and oxygen atoms in total. The van der Waals surface area contributed by atoms with E-state index in [-0.39, 0.29) is 15.4 Å². The van der Waals surface area contributed by atoms with Crippen LogP contribution < -0.4 is 5.32 Å². The number of hydrogen-bond acceptors (Lipinski definition) is 2. The summed E-state index contributed by atoms with van der Waals surface area (Å²) >= 11 is 8.54. The van der Waals surface area contributed by atoms with Crippen molar-refractivity contribution in [2.75, 3.05) is 5.32 Å². The first-order chi connectivity index (χ1) is 9.25. The molecule has 20 heavy (non-hydrogen) atoms. The van der Waals surface area contributed by atoms with Crippen LogP contribution in [0.5, 0.6) is 0 Å². The number of anilines is 2. The Morgan fingerprint density at radius 2 is 1.85 bits per heavy atom. The monoisotopic (exact) mass is 368 g/mol. The van der Waals surface area contributed by atoms with E-state index in [0.29, 0.717) is 5.69 Å². The van der Waals surface area contributed by atoms with Gasteiger partial charge in [0.25, 0.3) is 0 Å². The van der Waals surface area contributed by atoms with Crippen molar-refractivity contribution in [3.05, 3.63) is 51.3 Å². The first kappa shape index (κ1) is 15.1. The van der Waals surface area contributed by atoms with Gasteiger partial charge in [-0.05, 0) is 46.3 Å². The Bertz CT molecular complexity index is 646. The van der Waals surface area contributed by atoms with Crippen LogP contribution in [0.25, 0.3) is 0 Å². The van der Waals surface area contributed by atoms with Gasteiger partial charge in [0.2, 0.25) is 0 Å². The molecule has 0 fully saturated rings. The molecule has 1 aromatic carbocycles. The molecule has 0 aliphatic rings. The molecule has 0 radical (unpaired) electrons. The molecule has 106 valence electrons. The lowest BCUT2D eigenvalue weighted by Crippen LogP contribution is -2.06. The van der Waals surface area contributed by atoms with E-state index in [2.05, 4.69) is 26.2 Å². The van der Waals surface area contributed by atoms with E-state index in [9.17, 15) is 17.6 Å². The molecule has 0 saturated heterocycles. The van der Waals surface area contributed by atoms with Gasteiger partial charge in [-0.1, -0.05) is 11.6 Å². The summed E-state index contributed by atoms with van der Waals surface area (Å²) in [5.74, 6) is -0.561. The third-order valence-electron chi connectivity index (χ3n) is 2.31.